The molecule has 29 heavy (non-hydrogen) atoms. The highest BCUT2D eigenvalue weighted by Gasteiger charge is 2.21. The summed E-state index contributed by atoms with van der Waals surface area (Å²) in [6, 6.07) is 7.97. The van der Waals surface area contributed by atoms with Crippen LogP contribution in [-0.4, -0.2) is 68.2 Å². The van der Waals surface area contributed by atoms with Crippen LogP contribution in [0.1, 0.15) is 12.6 Å². The van der Waals surface area contributed by atoms with Gasteiger partial charge < -0.3 is 19.7 Å². The normalized spacial score (nSPS) is 14.5. The zero-order valence-corrected chi connectivity index (χ0v) is 17.5. The molecule has 3 rings (SSSR count). The molecule has 1 aliphatic heterocycles. The molecular formula is C20H26N4O4S. The molecule has 1 N–H and O–H groups in total. The number of piperazine rings is 1. The Morgan fingerprint density at radius 2 is 1.97 bits per heavy atom. The molecule has 0 bridgehead atoms. The van der Waals surface area contributed by atoms with Gasteiger partial charge in [0.2, 0.25) is 5.91 Å². The molecule has 156 valence electrons. The molecule has 0 spiro atoms. The van der Waals surface area contributed by atoms with Crippen LogP contribution in [0.15, 0.2) is 29.6 Å². The van der Waals surface area contributed by atoms with Gasteiger partial charge in [-0.1, -0.05) is 12.1 Å². The zero-order valence-electron chi connectivity index (χ0n) is 16.7. The number of amides is 1. The van der Waals surface area contributed by atoms with Crippen molar-refractivity contribution in [3.63, 3.8) is 0 Å². The van der Waals surface area contributed by atoms with E-state index in [-0.39, 0.29) is 18.3 Å². The Labute approximate surface area is 174 Å². The Bertz CT molecular complexity index is 833. The van der Waals surface area contributed by atoms with E-state index >= 15 is 0 Å². The second-order valence-electron chi connectivity index (χ2n) is 6.61. The number of thiazole rings is 1. The third-order valence-electron chi connectivity index (χ3n) is 4.59. The van der Waals surface area contributed by atoms with Crippen LogP contribution in [0, 0.1) is 0 Å². The van der Waals surface area contributed by atoms with Crippen LogP contribution in [0.3, 0.4) is 0 Å². The molecule has 0 radical (unpaired) electrons. The van der Waals surface area contributed by atoms with Gasteiger partial charge in [-0.05, 0) is 19.1 Å². The summed E-state index contributed by atoms with van der Waals surface area (Å²) in [5.41, 5.74) is 1.69. The van der Waals surface area contributed by atoms with Crippen molar-refractivity contribution in [3.05, 3.63) is 35.3 Å². The third-order valence-corrected chi connectivity index (χ3v) is 5.40. The van der Waals surface area contributed by atoms with E-state index in [9.17, 15) is 9.59 Å². The molecule has 1 amide bonds. The molecule has 1 saturated heterocycles. The lowest BCUT2D eigenvalue weighted by Crippen LogP contribution is -2.48. The highest BCUT2D eigenvalue weighted by molar-refractivity contribution is 7.13. The molecule has 9 heteroatoms. The number of ether oxygens (including phenoxy) is 2. The lowest BCUT2D eigenvalue weighted by atomic mass is 10.2. The molecule has 0 unspecified atom stereocenters. The molecule has 1 aromatic carbocycles. The maximum absolute atomic E-state index is 12.4. The van der Waals surface area contributed by atoms with Gasteiger partial charge in [0.25, 0.3) is 0 Å². The van der Waals surface area contributed by atoms with Crippen molar-refractivity contribution in [1.29, 1.82) is 0 Å². The quantitative estimate of drug-likeness (QED) is 0.657. The SMILES string of the molecule is CCOC(=O)Cc1csc(NC(=O)CN2CCN(c3ccccc3OC)CC2)n1. The van der Waals surface area contributed by atoms with E-state index in [0.717, 1.165) is 37.6 Å². The van der Waals surface area contributed by atoms with Crippen molar-refractivity contribution in [3.8, 4) is 5.75 Å². The van der Waals surface area contributed by atoms with Crippen LogP contribution in [0.5, 0.6) is 5.75 Å². The second kappa shape index (κ2) is 10.2. The minimum atomic E-state index is -0.316. The van der Waals surface area contributed by atoms with Crippen LogP contribution in [-0.2, 0) is 20.7 Å². The largest absolute Gasteiger partial charge is 0.495 e. The van der Waals surface area contributed by atoms with Crippen molar-refractivity contribution >= 4 is 34.0 Å². The van der Waals surface area contributed by atoms with Gasteiger partial charge in [0.15, 0.2) is 5.13 Å². The van der Waals surface area contributed by atoms with Crippen molar-refractivity contribution < 1.29 is 19.1 Å². The monoisotopic (exact) mass is 418 g/mol. The smallest absolute Gasteiger partial charge is 0.311 e. The van der Waals surface area contributed by atoms with Crippen LogP contribution in [0.2, 0.25) is 0 Å². The van der Waals surface area contributed by atoms with E-state index in [1.807, 2.05) is 18.2 Å². The number of rotatable bonds is 8. The van der Waals surface area contributed by atoms with E-state index in [1.54, 1.807) is 19.4 Å². The summed E-state index contributed by atoms with van der Waals surface area (Å²) < 4.78 is 10.4. The van der Waals surface area contributed by atoms with Gasteiger partial charge >= 0.3 is 5.97 Å². The molecule has 0 aliphatic carbocycles. The van der Waals surface area contributed by atoms with Crippen LogP contribution >= 0.6 is 11.3 Å². The van der Waals surface area contributed by atoms with Gasteiger partial charge in [-0.15, -0.1) is 11.3 Å². The van der Waals surface area contributed by atoms with Crippen LogP contribution < -0.4 is 15.0 Å². The number of hydrogen-bond acceptors (Lipinski definition) is 8. The lowest BCUT2D eigenvalue weighted by molar-refractivity contribution is -0.142. The van der Waals surface area contributed by atoms with Gasteiger partial charge in [0, 0.05) is 31.6 Å². The number of aromatic nitrogens is 1. The molecule has 0 saturated carbocycles. The predicted molar refractivity (Wildman–Crippen MR) is 113 cm³/mol. The van der Waals surface area contributed by atoms with E-state index in [2.05, 4.69) is 26.2 Å². The minimum absolute atomic E-state index is 0.104. The zero-order chi connectivity index (χ0) is 20.6. The highest BCUT2D eigenvalue weighted by Crippen LogP contribution is 2.28. The minimum Gasteiger partial charge on any atom is -0.495 e. The van der Waals surface area contributed by atoms with Crippen LogP contribution in [0.4, 0.5) is 10.8 Å². The topological polar surface area (TPSA) is 84.0 Å². The molecule has 2 heterocycles. The van der Waals surface area contributed by atoms with E-state index < -0.39 is 0 Å². The number of nitrogens with one attached hydrogen (secondary N) is 1. The van der Waals surface area contributed by atoms with Crippen molar-refractivity contribution in [1.82, 2.24) is 9.88 Å². The number of para-hydroxylation sites is 2. The summed E-state index contributed by atoms with van der Waals surface area (Å²) in [4.78, 5) is 32.5. The predicted octanol–water partition coefficient (Wildman–Crippen LogP) is 2.02. The van der Waals surface area contributed by atoms with Gasteiger partial charge in [-0.3, -0.25) is 14.5 Å². The number of benzene rings is 1. The number of carbonyl (C=O) groups is 2. The highest BCUT2D eigenvalue weighted by atomic mass is 32.1. The number of anilines is 2. The number of hydrogen-bond donors (Lipinski definition) is 1. The maximum Gasteiger partial charge on any atom is 0.311 e. The fraction of sp³-hybridized carbons (Fsp3) is 0.450. The Morgan fingerprint density at radius 3 is 2.69 bits per heavy atom. The van der Waals surface area contributed by atoms with Crippen molar-refractivity contribution in [2.24, 2.45) is 0 Å². The van der Waals surface area contributed by atoms with E-state index in [4.69, 9.17) is 9.47 Å². The summed E-state index contributed by atoms with van der Waals surface area (Å²) in [7, 11) is 1.68. The summed E-state index contributed by atoms with van der Waals surface area (Å²) in [6.07, 6.45) is 0.116. The first-order valence-corrected chi connectivity index (χ1v) is 10.5. The van der Waals surface area contributed by atoms with Gasteiger partial charge in [0.05, 0.1) is 38.1 Å². The van der Waals surface area contributed by atoms with Crippen molar-refractivity contribution in [2.75, 3.05) is 56.7 Å². The summed E-state index contributed by atoms with van der Waals surface area (Å²) in [5.74, 6) is 0.442. The van der Waals surface area contributed by atoms with Crippen LogP contribution in [0.25, 0.3) is 0 Å². The Hall–Kier alpha value is -2.65. The standard InChI is InChI=1S/C20H26N4O4S/c1-3-28-19(26)12-15-14-29-20(21-15)22-18(25)13-23-8-10-24(11-9-23)16-6-4-5-7-17(16)27-2/h4-7,14H,3,8-13H2,1-2H3,(H,21,22,25). The van der Waals surface area contributed by atoms with Crippen molar-refractivity contribution in [2.45, 2.75) is 13.3 Å². The molecule has 1 aliphatic rings. The second-order valence-corrected chi connectivity index (χ2v) is 7.47. The molecule has 2 aromatic rings. The average Bonchev–Trinajstić information content (AvgIpc) is 3.15. The Morgan fingerprint density at radius 1 is 1.21 bits per heavy atom. The van der Waals surface area contributed by atoms with Gasteiger partial charge in [-0.25, -0.2) is 4.98 Å². The number of methoxy groups -OCH3 is 1. The van der Waals surface area contributed by atoms with E-state index in [1.165, 1.54) is 11.3 Å². The maximum atomic E-state index is 12.4. The molecule has 1 aromatic heterocycles. The first kappa shape index (κ1) is 21.1. The van der Waals surface area contributed by atoms with Gasteiger partial charge in [0.1, 0.15) is 5.75 Å². The Balaban J connectivity index is 1.45. The first-order valence-electron chi connectivity index (χ1n) is 9.59. The fourth-order valence-electron chi connectivity index (χ4n) is 3.21. The summed E-state index contributed by atoms with van der Waals surface area (Å²) in [6.45, 7) is 5.66. The number of esters is 1. The summed E-state index contributed by atoms with van der Waals surface area (Å²) in [5, 5.41) is 5.08. The third kappa shape index (κ3) is 5.91. The number of nitrogens with zero attached hydrogens (tertiary/aromatic N) is 3. The molecule has 1 fully saturated rings. The lowest BCUT2D eigenvalue weighted by Gasteiger charge is -2.36. The van der Waals surface area contributed by atoms with Gasteiger partial charge in [-0.2, -0.15) is 0 Å². The average molecular weight is 419 g/mol. The first-order chi connectivity index (χ1) is 14.1. The molecular weight excluding hydrogens is 392 g/mol. The molecule has 0 atom stereocenters. The fourth-order valence-corrected chi connectivity index (χ4v) is 3.93. The summed E-state index contributed by atoms with van der Waals surface area (Å²) >= 11 is 1.31. The Kier molecular flexibility index (Phi) is 7.42. The number of carbonyl (C=O) groups excluding carboxylic acids is 2. The van der Waals surface area contributed by atoms with E-state index in [0.29, 0.717) is 24.0 Å². The molecule has 8 nitrogen and oxygen atoms in total.